The summed E-state index contributed by atoms with van der Waals surface area (Å²) in [7, 11) is -1.61. The highest BCUT2D eigenvalue weighted by Gasteiger charge is 2.27. The third-order valence-electron chi connectivity index (χ3n) is 4.16. The molecule has 0 atom stereocenters. The highest BCUT2D eigenvalue weighted by atomic mass is 35.5. The van der Waals surface area contributed by atoms with Gasteiger partial charge in [0.1, 0.15) is 5.78 Å². The van der Waals surface area contributed by atoms with Crippen molar-refractivity contribution in [1.29, 1.82) is 0 Å². The lowest BCUT2D eigenvalue weighted by Crippen LogP contribution is -2.28. The van der Waals surface area contributed by atoms with Crippen molar-refractivity contribution in [2.45, 2.75) is 33.5 Å². The molecule has 2 aromatic rings. The van der Waals surface area contributed by atoms with Crippen LogP contribution in [0, 0.1) is 0 Å². The van der Waals surface area contributed by atoms with E-state index in [0.29, 0.717) is 25.3 Å². The van der Waals surface area contributed by atoms with Crippen LogP contribution in [0.1, 0.15) is 30.5 Å². The number of ketones is 1. The number of anilines is 1. The fourth-order valence-corrected chi connectivity index (χ4v) is 2.89. The van der Waals surface area contributed by atoms with Crippen molar-refractivity contribution < 1.29 is 28.9 Å². The fourth-order valence-electron chi connectivity index (χ4n) is 2.89. The van der Waals surface area contributed by atoms with Crippen LogP contribution in [0.2, 0.25) is 0 Å². The Morgan fingerprint density at radius 3 is 2.00 bits per heavy atom. The van der Waals surface area contributed by atoms with Gasteiger partial charge in [-0.25, -0.2) is 0 Å². The molecule has 2 aliphatic rings. The molecule has 0 radical (unpaired) electrons. The van der Waals surface area contributed by atoms with Crippen molar-refractivity contribution in [3.05, 3.63) is 53.1 Å². The maximum Gasteiger partial charge on any atom is 0.491 e. The number of nitrogens with two attached hydrogens (primary N) is 1. The van der Waals surface area contributed by atoms with Crippen molar-refractivity contribution >= 4 is 53.5 Å². The maximum absolute atomic E-state index is 10.9. The molecule has 152 valence electrons. The molecule has 4 N–H and O–H groups in total. The zero-order chi connectivity index (χ0) is 21.6. The molecular weight excluding hydrogens is 395 g/mol. The predicted octanol–water partition coefficient (Wildman–Crippen LogP) is 0.294. The summed E-state index contributed by atoms with van der Waals surface area (Å²) in [6, 6.07) is 11.1. The van der Waals surface area contributed by atoms with Gasteiger partial charge in [0.25, 0.3) is 0 Å². The SMILES string of the molecule is CC(=O)Cc1ccc2c(c1)B(O)OC2.CC(=O)Cl.Nc1ccc2c(c1)B(O)OC2. The highest BCUT2D eigenvalue weighted by molar-refractivity contribution is 6.63. The summed E-state index contributed by atoms with van der Waals surface area (Å²) in [4.78, 5) is 20.1. The van der Waals surface area contributed by atoms with Crippen LogP contribution in [-0.2, 0) is 38.5 Å². The van der Waals surface area contributed by atoms with Crippen LogP contribution in [0.25, 0.3) is 0 Å². The van der Waals surface area contributed by atoms with E-state index in [1.165, 1.54) is 6.92 Å². The van der Waals surface area contributed by atoms with Gasteiger partial charge in [-0.2, -0.15) is 0 Å². The molecule has 0 bridgehead atoms. The summed E-state index contributed by atoms with van der Waals surface area (Å²) in [5, 5.41) is 18.3. The van der Waals surface area contributed by atoms with E-state index >= 15 is 0 Å². The maximum atomic E-state index is 10.9. The molecule has 2 aromatic carbocycles. The lowest BCUT2D eigenvalue weighted by Gasteiger charge is -2.02. The standard InChI is InChI=1S/C10H11BO3.C7H8BNO2.C2H3ClO/c1-7(12)4-8-2-3-9-6-14-11(13)10(9)5-8;9-6-2-1-5-4-11-8(10)7(5)3-6;1-2(3)4/h2-3,5,13H,4,6H2,1H3;1-3,10H,4,9H2;1H3. The molecule has 7 nitrogen and oxygen atoms in total. The molecule has 0 saturated carbocycles. The minimum Gasteiger partial charge on any atom is -0.423 e. The lowest BCUT2D eigenvalue weighted by atomic mass is 9.78. The van der Waals surface area contributed by atoms with Crippen LogP contribution in [0.4, 0.5) is 5.69 Å². The van der Waals surface area contributed by atoms with Gasteiger partial charge >= 0.3 is 14.2 Å². The Kier molecular flexibility index (Phi) is 8.43. The molecule has 0 fully saturated rings. The zero-order valence-corrected chi connectivity index (χ0v) is 17.0. The molecule has 2 aliphatic heterocycles. The van der Waals surface area contributed by atoms with Crippen molar-refractivity contribution in [2.75, 3.05) is 5.73 Å². The molecule has 0 aliphatic carbocycles. The first kappa shape index (κ1) is 23.1. The number of hydrogen-bond donors (Lipinski definition) is 3. The number of carbonyl (C=O) groups excluding carboxylic acids is 2. The number of carbonyl (C=O) groups is 2. The largest absolute Gasteiger partial charge is 0.491 e. The Bertz CT molecular complexity index is 891. The van der Waals surface area contributed by atoms with Crippen molar-refractivity contribution in [3.8, 4) is 0 Å². The fraction of sp³-hybridized carbons (Fsp3) is 0.263. The van der Waals surface area contributed by atoms with Crippen LogP contribution in [0.3, 0.4) is 0 Å². The molecule has 2 heterocycles. The second-order valence-corrected chi connectivity index (χ2v) is 7.20. The third kappa shape index (κ3) is 6.99. The predicted molar refractivity (Wildman–Crippen MR) is 113 cm³/mol. The lowest BCUT2D eigenvalue weighted by molar-refractivity contribution is -0.116. The topological polar surface area (TPSA) is 119 Å². The molecule has 0 saturated heterocycles. The summed E-state index contributed by atoms with van der Waals surface area (Å²) >= 11 is 4.64. The number of Topliss-reactive ketones (excluding diaryl/α,β-unsaturated/α-hetero) is 1. The first-order chi connectivity index (χ1) is 13.7. The van der Waals surface area contributed by atoms with Crippen LogP contribution < -0.4 is 16.7 Å². The Balaban J connectivity index is 0.000000179. The van der Waals surface area contributed by atoms with Gasteiger partial charge in [-0.15, -0.1) is 0 Å². The highest BCUT2D eigenvalue weighted by Crippen LogP contribution is 2.12. The average molecular weight is 417 g/mol. The van der Waals surface area contributed by atoms with Crippen LogP contribution in [0.15, 0.2) is 36.4 Å². The molecule has 0 amide bonds. The van der Waals surface area contributed by atoms with Gasteiger partial charge in [-0.1, -0.05) is 24.3 Å². The van der Waals surface area contributed by atoms with E-state index in [2.05, 4.69) is 11.6 Å². The smallest absolute Gasteiger partial charge is 0.423 e. The van der Waals surface area contributed by atoms with E-state index < -0.39 is 14.2 Å². The zero-order valence-electron chi connectivity index (χ0n) is 16.2. The molecule has 4 rings (SSSR count). The Morgan fingerprint density at radius 1 is 1.00 bits per heavy atom. The molecule has 29 heavy (non-hydrogen) atoms. The quantitative estimate of drug-likeness (QED) is 0.365. The summed E-state index contributed by atoms with van der Waals surface area (Å²) in [6.45, 7) is 3.79. The summed E-state index contributed by atoms with van der Waals surface area (Å²) in [6.07, 6.45) is 0.417. The summed E-state index contributed by atoms with van der Waals surface area (Å²) in [5.74, 6) is 0.123. The van der Waals surface area contributed by atoms with E-state index in [1.807, 2.05) is 24.3 Å². The number of rotatable bonds is 2. The normalized spacial score (nSPS) is 13.6. The summed E-state index contributed by atoms with van der Waals surface area (Å²) in [5.41, 5.74) is 10.7. The van der Waals surface area contributed by atoms with Crippen molar-refractivity contribution in [2.24, 2.45) is 0 Å². The first-order valence-electron chi connectivity index (χ1n) is 8.92. The molecular formula is C19H22B2ClNO6. The average Bonchev–Trinajstić information content (AvgIpc) is 3.18. The second kappa shape index (κ2) is 10.6. The number of nitrogen functional groups attached to an aromatic ring is 1. The van der Waals surface area contributed by atoms with Crippen LogP contribution in [-0.4, -0.2) is 35.3 Å². The molecule has 10 heteroatoms. The van der Waals surface area contributed by atoms with E-state index in [9.17, 15) is 19.6 Å². The molecule has 0 aromatic heterocycles. The molecule has 0 unspecified atom stereocenters. The minimum atomic E-state index is -0.822. The minimum absolute atomic E-state index is 0.123. The summed E-state index contributed by atoms with van der Waals surface area (Å²) < 4.78 is 10.0. The Labute approximate surface area is 175 Å². The second-order valence-electron chi connectivity index (χ2n) is 6.67. The number of benzene rings is 2. The number of hydrogen-bond acceptors (Lipinski definition) is 7. The first-order valence-corrected chi connectivity index (χ1v) is 9.30. The molecule has 0 spiro atoms. The van der Waals surface area contributed by atoms with Crippen LogP contribution in [0.5, 0.6) is 0 Å². The van der Waals surface area contributed by atoms with E-state index in [4.69, 9.17) is 15.0 Å². The van der Waals surface area contributed by atoms with Crippen molar-refractivity contribution in [1.82, 2.24) is 0 Å². The van der Waals surface area contributed by atoms with Gasteiger partial charge in [0.2, 0.25) is 5.24 Å². The number of fused-ring (bicyclic) bond motifs is 2. The van der Waals surface area contributed by atoms with Crippen molar-refractivity contribution in [3.63, 3.8) is 0 Å². The van der Waals surface area contributed by atoms with Gasteiger partial charge in [0, 0.05) is 19.0 Å². The van der Waals surface area contributed by atoms with Gasteiger partial charge in [-0.3, -0.25) is 9.59 Å². The monoisotopic (exact) mass is 417 g/mol. The van der Waals surface area contributed by atoms with Gasteiger partial charge in [0.05, 0.1) is 13.2 Å². The Morgan fingerprint density at radius 2 is 1.48 bits per heavy atom. The Hall–Kier alpha value is -2.16. The number of halogens is 1. The van der Waals surface area contributed by atoms with E-state index in [0.717, 1.165) is 27.6 Å². The van der Waals surface area contributed by atoms with Gasteiger partial charge < -0.3 is 25.1 Å². The van der Waals surface area contributed by atoms with E-state index in [1.54, 1.807) is 19.1 Å². The van der Waals surface area contributed by atoms with Crippen LogP contribution >= 0.6 is 11.6 Å². The third-order valence-corrected chi connectivity index (χ3v) is 4.16. The van der Waals surface area contributed by atoms with E-state index in [-0.39, 0.29) is 11.0 Å². The van der Waals surface area contributed by atoms with Gasteiger partial charge in [0.15, 0.2) is 0 Å². The van der Waals surface area contributed by atoms with Gasteiger partial charge in [-0.05, 0) is 58.3 Å².